The van der Waals surface area contributed by atoms with Gasteiger partial charge < -0.3 is 10.1 Å². The van der Waals surface area contributed by atoms with Crippen molar-refractivity contribution >= 4 is 21.6 Å². The van der Waals surface area contributed by atoms with Gasteiger partial charge in [0.2, 0.25) is 5.91 Å². The van der Waals surface area contributed by atoms with Crippen molar-refractivity contribution in [2.45, 2.75) is 17.9 Å². The summed E-state index contributed by atoms with van der Waals surface area (Å²) in [5.74, 6) is 0.155. The zero-order valence-electron chi connectivity index (χ0n) is 16.9. The third kappa shape index (κ3) is 4.99. The second-order valence-corrected chi connectivity index (χ2v) is 8.58. The third-order valence-corrected chi connectivity index (χ3v) is 6.44. The fourth-order valence-electron chi connectivity index (χ4n) is 3.03. The number of para-hydroxylation sites is 1. The van der Waals surface area contributed by atoms with Crippen molar-refractivity contribution in [2.24, 2.45) is 0 Å². The number of hydrogen-bond donors (Lipinski definition) is 1. The van der Waals surface area contributed by atoms with Crippen LogP contribution in [0.3, 0.4) is 0 Å². The van der Waals surface area contributed by atoms with E-state index in [0.717, 1.165) is 9.87 Å². The van der Waals surface area contributed by atoms with Crippen LogP contribution in [0.25, 0.3) is 0 Å². The van der Waals surface area contributed by atoms with Crippen LogP contribution in [-0.2, 0) is 14.8 Å². The summed E-state index contributed by atoms with van der Waals surface area (Å²) in [6.45, 7) is 1.52. The number of amides is 1. The minimum Gasteiger partial charge on any atom is -0.497 e. The number of sulfonamides is 1. The minimum absolute atomic E-state index is 0.0797. The molecule has 1 amide bonds. The van der Waals surface area contributed by atoms with Gasteiger partial charge in [0.15, 0.2) is 0 Å². The third-order valence-electron chi connectivity index (χ3n) is 4.66. The number of anilines is 1. The second kappa shape index (κ2) is 9.45. The van der Waals surface area contributed by atoms with Gasteiger partial charge in [-0.15, -0.1) is 0 Å². The van der Waals surface area contributed by atoms with Gasteiger partial charge in [-0.2, -0.15) is 0 Å². The molecule has 0 aliphatic rings. The molecule has 3 aromatic carbocycles. The van der Waals surface area contributed by atoms with E-state index in [2.05, 4.69) is 5.32 Å². The van der Waals surface area contributed by atoms with E-state index in [0.29, 0.717) is 11.4 Å². The highest BCUT2D eigenvalue weighted by atomic mass is 32.2. The van der Waals surface area contributed by atoms with Gasteiger partial charge >= 0.3 is 0 Å². The summed E-state index contributed by atoms with van der Waals surface area (Å²) in [6.07, 6.45) is 0. The maximum Gasteiger partial charge on any atom is 0.264 e. The summed E-state index contributed by atoms with van der Waals surface area (Å²) in [5, 5.41) is 2.87. The molecule has 0 aromatic heterocycles. The average Bonchev–Trinajstić information content (AvgIpc) is 2.78. The topological polar surface area (TPSA) is 75.7 Å². The average molecular weight is 425 g/mol. The van der Waals surface area contributed by atoms with Crippen LogP contribution in [0.5, 0.6) is 5.75 Å². The van der Waals surface area contributed by atoms with Crippen LogP contribution in [0.2, 0.25) is 0 Å². The summed E-state index contributed by atoms with van der Waals surface area (Å²) in [6, 6.07) is 23.9. The summed E-state index contributed by atoms with van der Waals surface area (Å²) >= 11 is 0. The maximum atomic E-state index is 13.3. The van der Waals surface area contributed by atoms with E-state index in [1.807, 2.05) is 37.3 Å². The van der Waals surface area contributed by atoms with Crippen LogP contribution in [0.15, 0.2) is 89.8 Å². The van der Waals surface area contributed by atoms with E-state index in [1.165, 1.54) is 19.2 Å². The monoisotopic (exact) mass is 424 g/mol. The van der Waals surface area contributed by atoms with E-state index in [4.69, 9.17) is 4.74 Å². The highest BCUT2D eigenvalue weighted by molar-refractivity contribution is 7.92. The first-order valence-electron chi connectivity index (χ1n) is 9.48. The summed E-state index contributed by atoms with van der Waals surface area (Å²) < 4.78 is 32.9. The predicted octanol–water partition coefficient (Wildman–Crippen LogP) is 3.77. The molecule has 0 fully saturated rings. The van der Waals surface area contributed by atoms with Gasteiger partial charge in [-0.05, 0) is 48.9 Å². The van der Waals surface area contributed by atoms with Gasteiger partial charge in [-0.25, -0.2) is 8.42 Å². The fraction of sp³-hybridized carbons (Fsp3) is 0.174. The lowest BCUT2D eigenvalue weighted by atomic mass is 10.1. The number of hydrogen-bond acceptors (Lipinski definition) is 4. The van der Waals surface area contributed by atoms with Crippen LogP contribution < -0.4 is 14.4 Å². The minimum atomic E-state index is -3.96. The Morgan fingerprint density at radius 3 is 2.07 bits per heavy atom. The number of nitrogens with zero attached hydrogens (tertiary/aromatic N) is 1. The Kier molecular flexibility index (Phi) is 6.74. The summed E-state index contributed by atoms with van der Waals surface area (Å²) in [4.78, 5) is 12.8. The number of carbonyl (C=O) groups is 1. The van der Waals surface area contributed by atoms with E-state index in [1.54, 1.807) is 42.5 Å². The molecule has 6 nitrogen and oxygen atoms in total. The smallest absolute Gasteiger partial charge is 0.264 e. The normalized spacial score (nSPS) is 12.1. The van der Waals surface area contributed by atoms with E-state index >= 15 is 0 Å². The molecule has 0 bridgehead atoms. The Morgan fingerprint density at radius 1 is 0.933 bits per heavy atom. The Morgan fingerprint density at radius 2 is 1.50 bits per heavy atom. The Labute approximate surface area is 177 Å². The molecular weight excluding hydrogens is 400 g/mol. The van der Waals surface area contributed by atoms with Crippen molar-refractivity contribution in [1.29, 1.82) is 0 Å². The number of carbonyl (C=O) groups excluding carboxylic acids is 1. The summed E-state index contributed by atoms with van der Waals surface area (Å²) in [5.41, 5.74) is 1.35. The molecule has 1 N–H and O–H groups in total. The molecule has 0 heterocycles. The van der Waals surface area contributed by atoms with Crippen LogP contribution in [-0.4, -0.2) is 28.0 Å². The van der Waals surface area contributed by atoms with E-state index in [-0.39, 0.29) is 17.5 Å². The van der Waals surface area contributed by atoms with Crippen molar-refractivity contribution in [3.63, 3.8) is 0 Å². The maximum absolute atomic E-state index is 13.3. The molecule has 1 atom stereocenters. The molecule has 0 saturated heterocycles. The van der Waals surface area contributed by atoms with Gasteiger partial charge in [0.05, 0.1) is 23.7 Å². The van der Waals surface area contributed by atoms with Gasteiger partial charge in [-0.3, -0.25) is 9.10 Å². The highest BCUT2D eigenvalue weighted by Crippen LogP contribution is 2.25. The first-order valence-corrected chi connectivity index (χ1v) is 10.9. The number of benzene rings is 3. The van der Waals surface area contributed by atoms with E-state index < -0.39 is 15.9 Å². The zero-order valence-corrected chi connectivity index (χ0v) is 17.7. The van der Waals surface area contributed by atoms with Crippen LogP contribution in [0, 0.1) is 0 Å². The number of rotatable bonds is 8. The van der Waals surface area contributed by atoms with Crippen LogP contribution >= 0.6 is 0 Å². The highest BCUT2D eigenvalue weighted by Gasteiger charge is 2.27. The van der Waals surface area contributed by atoms with Gasteiger partial charge in [0.25, 0.3) is 10.0 Å². The van der Waals surface area contributed by atoms with Crippen LogP contribution in [0.1, 0.15) is 18.5 Å². The fourth-order valence-corrected chi connectivity index (χ4v) is 4.45. The lowest BCUT2D eigenvalue weighted by Crippen LogP contribution is -2.41. The largest absolute Gasteiger partial charge is 0.497 e. The Bertz CT molecular complexity index is 1070. The Hall–Kier alpha value is -3.32. The van der Waals surface area contributed by atoms with Crippen molar-refractivity contribution in [1.82, 2.24) is 5.32 Å². The van der Waals surface area contributed by atoms with Gasteiger partial charge in [0.1, 0.15) is 12.3 Å². The molecule has 0 aliphatic heterocycles. The van der Waals surface area contributed by atoms with Crippen molar-refractivity contribution in [2.75, 3.05) is 18.0 Å². The molecular formula is C23H24N2O4S. The molecule has 0 radical (unpaired) electrons. The molecule has 0 aliphatic carbocycles. The second-order valence-electron chi connectivity index (χ2n) is 6.72. The first-order chi connectivity index (χ1) is 14.4. The van der Waals surface area contributed by atoms with E-state index in [9.17, 15) is 13.2 Å². The van der Waals surface area contributed by atoms with Crippen molar-refractivity contribution < 1.29 is 17.9 Å². The van der Waals surface area contributed by atoms with Crippen molar-refractivity contribution in [3.05, 3.63) is 90.5 Å². The first kappa shape index (κ1) is 21.4. The molecule has 156 valence electrons. The quantitative estimate of drug-likeness (QED) is 0.597. The number of ether oxygens (including phenoxy) is 1. The zero-order chi connectivity index (χ0) is 21.6. The number of methoxy groups -OCH3 is 1. The lowest BCUT2D eigenvalue weighted by Gasteiger charge is -2.25. The molecule has 0 spiro atoms. The standard InChI is InChI=1S/C23H24N2O4S/c1-18(19-9-5-3-6-10-19)24-23(26)17-25(20-11-7-4-8-12-20)30(27,28)22-15-13-21(29-2)14-16-22/h3-16,18H,17H2,1-2H3,(H,24,26)/t18-/m1/s1. The molecule has 30 heavy (non-hydrogen) atoms. The SMILES string of the molecule is COc1ccc(S(=O)(=O)N(CC(=O)N[C@H](C)c2ccccc2)c2ccccc2)cc1. The predicted molar refractivity (Wildman–Crippen MR) is 117 cm³/mol. The van der Waals surface area contributed by atoms with Gasteiger partial charge in [-0.1, -0.05) is 48.5 Å². The molecule has 7 heteroatoms. The van der Waals surface area contributed by atoms with Gasteiger partial charge in [0, 0.05) is 0 Å². The molecule has 0 saturated carbocycles. The molecule has 0 unspecified atom stereocenters. The molecule has 3 rings (SSSR count). The molecule has 3 aromatic rings. The lowest BCUT2D eigenvalue weighted by molar-refractivity contribution is -0.120. The van der Waals surface area contributed by atoms with Crippen LogP contribution in [0.4, 0.5) is 5.69 Å². The Balaban J connectivity index is 1.86. The summed E-state index contributed by atoms with van der Waals surface area (Å²) in [7, 11) is -2.45. The van der Waals surface area contributed by atoms with Crippen molar-refractivity contribution in [3.8, 4) is 5.75 Å². The number of nitrogens with one attached hydrogen (secondary N) is 1.